The smallest absolute Gasteiger partial charge is 0.302 e. The van der Waals surface area contributed by atoms with Crippen LogP contribution in [0.15, 0.2) is 114 Å². The van der Waals surface area contributed by atoms with Gasteiger partial charge in [-0.1, -0.05) is 67.6 Å². The number of esters is 2. The lowest BCUT2D eigenvalue weighted by Gasteiger charge is -2.41. The minimum Gasteiger partial charge on any atom is -0.465 e. The van der Waals surface area contributed by atoms with Crippen LogP contribution in [0.2, 0.25) is 0 Å². The number of hydrogen-bond donors (Lipinski definition) is 0. The van der Waals surface area contributed by atoms with Gasteiger partial charge in [-0.25, -0.2) is 8.78 Å². The molecule has 3 aromatic rings. The highest BCUT2D eigenvalue weighted by atomic mass is 32.2. The molecule has 2 aliphatic heterocycles. The van der Waals surface area contributed by atoms with Gasteiger partial charge in [0.25, 0.3) is 0 Å². The zero-order valence-electron chi connectivity index (χ0n) is 30.1. The number of ether oxygens (including phenoxy) is 3. The number of allylic oxidation sites excluding steroid dienone is 3. The van der Waals surface area contributed by atoms with E-state index in [1.807, 2.05) is 36.4 Å². The second-order valence-electron chi connectivity index (χ2n) is 12.9. The number of carbonyl (C=O) groups excluding carboxylic acids is 3. The number of benzene rings is 3. The van der Waals surface area contributed by atoms with Gasteiger partial charge >= 0.3 is 11.9 Å². The summed E-state index contributed by atoms with van der Waals surface area (Å²) in [5, 5.41) is 0.0591. The fraction of sp³-hybridized carbons (Fsp3) is 0.357. The maximum absolute atomic E-state index is 13.3. The van der Waals surface area contributed by atoms with E-state index in [-0.39, 0.29) is 57.6 Å². The SMILES string of the molecule is CC(=O)OCC1CC(OC(C)=O)CC(SC2=CCC=C(C3CC(=O)N3c3ccc(F)cc3)C=C2)S1.CCC(OCc1ccccc1)c1ccc(F)cc1. The third-order valence-corrected chi connectivity index (χ3v) is 11.7. The number of β-lactam (4-membered cyclic amide) rings is 1. The Labute approximate surface area is 318 Å². The van der Waals surface area contributed by atoms with E-state index in [0.29, 0.717) is 38.2 Å². The summed E-state index contributed by atoms with van der Waals surface area (Å²) in [4.78, 5) is 37.9. The molecule has 5 atom stereocenters. The number of thioether (sulfide) groups is 2. The molecule has 0 bridgehead atoms. The summed E-state index contributed by atoms with van der Waals surface area (Å²) < 4.78 is 42.9. The minimum atomic E-state index is -0.329. The van der Waals surface area contributed by atoms with Crippen molar-refractivity contribution in [3.8, 4) is 0 Å². The number of hydrogen-bond acceptors (Lipinski definition) is 8. The molecule has 5 unspecified atom stereocenters. The molecule has 6 rings (SSSR count). The average Bonchev–Trinajstić information content (AvgIpc) is 3.37. The molecule has 0 N–H and O–H groups in total. The summed E-state index contributed by atoms with van der Waals surface area (Å²) in [5.74, 6) is -1.14. The van der Waals surface area contributed by atoms with Gasteiger partial charge in [0.2, 0.25) is 5.91 Å². The fourth-order valence-corrected chi connectivity index (χ4v) is 9.48. The van der Waals surface area contributed by atoms with Crippen molar-refractivity contribution in [3.05, 3.63) is 136 Å². The first-order chi connectivity index (χ1) is 25.6. The van der Waals surface area contributed by atoms with E-state index >= 15 is 0 Å². The minimum absolute atomic E-state index is 0.0193. The molecule has 7 nitrogen and oxygen atoms in total. The Hall–Kier alpha value is -4.19. The van der Waals surface area contributed by atoms with Gasteiger partial charge in [-0.2, -0.15) is 0 Å². The third-order valence-electron chi connectivity index (χ3n) is 8.86. The van der Waals surface area contributed by atoms with Crippen molar-refractivity contribution in [3.63, 3.8) is 0 Å². The predicted octanol–water partition coefficient (Wildman–Crippen LogP) is 9.64. The molecule has 0 aromatic heterocycles. The summed E-state index contributed by atoms with van der Waals surface area (Å²) in [7, 11) is 0. The summed E-state index contributed by atoms with van der Waals surface area (Å²) in [5.41, 5.74) is 3.93. The highest BCUT2D eigenvalue weighted by Gasteiger charge is 2.39. The fourth-order valence-electron chi connectivity index (χ4n) is 6.27. The highest BCUT2D eigenvalue weighted by Crippen LogP contribution is 2.44. The Morgan fingerprint density at radius 1 is 0.906 bits per heavy atom. The quantitative estimate of drug-likeness (QED) is 0.133. The van der Waals surface area contributed by atoms with Crippen molar-refractivity contribution in [2.24, 2.45) is 0 Å². The molecule has 1 amide bonds. The van der Waals surface area contributed by atoms with Crippen molar-refractivity contribution < 1.29 is 37.4 Å². The first kappa shape index (κ1) is 40.0. The number of nitrogens with zero attached hydrogens (tertiary/aromatic N) is 1. The second kappa shape index (κ2) is 19.8. The molecule has 3 aromatic carbocycles. The van der Waals surface area contributed by atoms with Crippen molar-refractivity contribution >= 4 is 47.1 Å². The van der Waals surface area contributed by atoms with Crippen LogP contribution in [0.4, 0.5) is 14.5 Å². The summed E-state index contributed by atoms with van der Waals surface area (Å²) in [6.45, 7) is 5.75. The molecule has 2 saturated heterocycles. The molecule has 1 aliphatic carbocycles. The first-order valence-electron chi connectivity index (χ1n) is 17.8. The molecule has 3 aliphatic rings. The van der Waals surface area contributed by atoms with E-state index in [1.165, 1.54) is 38.1 Å². The van der Waals surface area contributed by atoms with Crippen LogP contribution in [0.25, 0.3) is 0 Å². The normalized spacial score (nSPS) is 21.5. The van der Waals surface area contributed by atoms with Gasteiger partial charge in [-0.3, -0.25) is 14.4 Å². The van der Waals surface area contributed by atoms with Crippen LogP contribution in [0, 0.1) is 11.6 Å². The highest BCUT2D eigenvalue weighted by molar-refractivity contribution is 8.19. The van der Waals surface area contributed by atoms with Gasteiger partial charge in [0.05, 0.1) is 29.8 Å². The molecule has 0 spiro atoms. The maximum Gasteiger partial charge on any atom is 0.302 e. The number of halogens is 2. The van der Waals surface area contributed by atoms with Crippen LogP contribution in [-0.2, 0) is 35.2 Å². The molecule has 2 heterocycles. The van der Waals surface area contributed by atoms with Gasteiger partial charge in [0, 0.05) is 36.1 Å². The van der Waals surface area contributed by atoms with E-state index in [2.05, 4.69) is 25.2 Å². The van der Waals surface area contributed by atoms with E-state index < -0.39 is 0 Å². The zero-order chi connectivity index (χ0) is 37.7. The largest absolute Gasteiger partial charge is 0.465 e. The monoisotopic (exact) mass is 761 g/mol. The van der Waals surface area contributed by atoms with Gasteiger partial charge in [-0.15, -0.1) is 23.5 Å². The Morgan fingerprint density at radius 2 is 1.60 bits per heavy atom. The molecule has 2 fully saturated rings. The van der Waals surface area contributed by atoms with E-state index in [4.69, 9.17) is 14.2 Å². The molecular formula is C42H45F2NO6S2. The lowest BCUT2D eigenvalue weighted by Crippen LogP contribution is -2.53. The van der Waals surface area contributed by atoms with Crippen LogP contribution >= 0.6 is 23.5 Å². The zero-order valence-corrected chi connectivity index (χ0v) is 31.8. The van der Waals surface area contributed by atoms with E-state index in [0.717, 1.165) is 34.4 Å². The second-order valence-corrected chi connectivity index (χ2v) is 16.0. The lowest BCUT2D eigenvalue weighted by molar-refractivity contribution is -0.148. The standard InChI is InChI=1S/C26H28FNO5S2.C16H17FO/c1-16(29)32-15-23-12-21(33-17(2)30)13-26(35-23)34-22-5-3-4-18(6-11-22)24-14-25(31)28(24)20-9-7-19(27)8-10-20;1-2-16(14-8-10-15(17)11-9-14)18-12-13-6-4-3-5-7-13/h4-11,21,23-24,26H,3,12-15H2,1-2H3;3-11,16H,2,12H2,1H3. The molecule has 0 saturated carbocycles. The first-order valence-corrected chi connectivity index (χ1v) is 19.6. The van der Waals surface area contributed by atoms with E-state index in [1.54, 1.807) is 52.7 Å². The topological polar surface area (TPSA) is 82.1 Å². The molecule has 280 valence electrons. The predicted molar refractivity (Wildman–Crippen MR) is 207 cm³/mol. The van der Waals surface area contributed by atoms with Gasteiger partial charge in [0.15, 0.2) is 0 Å². The van der Waals surface area contributed by atoms with Crippen LogP contribution in [0.3, 0.4) is 0 Å². The van der Waals surface area contributed by atoms with Crippen molar-refractivity contribution in [2.45, 2.75) is 87.6 Å². The average molecular weight is 762 g/mol. The van der Waals surface area contributed by atoms with Crippen molar-refractivity contribution in [1.82, 2.24) is 0 Å². The molecule has 0 radical (unpaired) electrons. The lowest BCUT2D eigenvalue weighted by atomic mass is 9.92. The van der Waals surface area contributed by atoms with Gasteiger partial charge in [-0.05, 0) is 78.4 Å². The van der Waals surface area contributed by atoms with Gasteiger partial charge in [0.1, 0.15) is 24.3 Å². The van der Waals surface area contributed by atoms with Crippen molar-refractivity contribution in [1.29, 1.82) is 0 Å². The summed E-state index contributed by atoms with van der Waals surface area (Å²) in [6.07, 6.45) is 11.6. The number of amides is 1. The maximum atomic E-state index is 13.3. The summed E-state index contributed by atoms with van der Waals surface area (Å²) >= 11 is 3.46. The Balaban J connectivity index is 0.000000252. The molecule has 53 heavy (non-hydrogen) atoms. The van der Waals surface area contributed by atoms with Gasteiger partial charge < -0.3 is 19.1 Å². The Morgan fingerprint density at radius 3 is 2.25 bits per heavy atom. The number of anilines is 1. The third kappa shape index (κ3) is 12.2. The Bertz CT molecular complexity index is 1780. The van der Waals surface area contributed by atoms with Crippen LogP contribution in [0.1, 0.15) is 70.1 Å². The Kier molecular flexibility index (Phi) is 14.9. The van der Waals surface area contributed by atoms with Crippen LogP contribution in [0.5, 0.6) is 0 Å². The van der Waals surface area contributed by atoms with Crippen molar-refractivity contribution in [2.75, 3.05) is 11.5 Å². The number of rotatable bonds is 12. The summed E-state index contributed by atoms with van der Waals surface area (Å²) in [6, 6.07) is 22.5. The van der Waals surface area contributed by atoms with E-state index in [9.17, 15) is 23.2 Å². The van der Waals surface area contributed by atoms with Crippen LogP contribution in [-0.4, -0.2) is 46.4 Å². The molecule has 11 heteroatoms. The van der Waals surface area contributed by atoms with Crippen LogP contribution < -0.4 is 4.90 Å². The number of carbonyl (C=O) groups is 3. The molecular weight excluding hydrogens is 717 g/mol.